The SMILES string of the molecule is CC(=O)Nc1ccc2nc(NC(=O)CCc3c(C)nn(C)c3C)sc2c1. The monoisotopic (exact) mass is 371 g/mol. The maximum atomic E-state index is 12.3. The van der Waals surface area contributed by atoms with Gasteiger partial charge in [-0.15, -0.1) is 0 Å². The number of aryl methyl sites for hydroxylation is 2. The molecule has 2 heterocycles. The van der Waals surface area contributed by atoms with E-state index in [-0.39, 0.29) is 11.8 Å². The Morgan fingerprint density at radius 2 is 2.00 bits per heavy atom. The Morgan fingerprint density at radius 1 is 1.23 bits per heavy atom. The van der Waals surface area contributed by atoms with Crippen LogP contribution in [0.5, 0.6) is 0 Å². The van der Waals surface area contributed by atoms with Crippen LogP contribution in [0, 0.1) is 13.8 Å². The van der Waals surface area contributed by atoms with E-state index in [0.717, 1.165) is 27.2 Å². The number of hydrogen-bond donors (Lipinski definition) is 2. The molecule has 136 valence electrons. The van der Waals surface area contributed by atoms with E-state index in [1.807, 2.05) is 37.7 Å². The molecule has 0 aliphatic carbocycles. The van der Waals surface area contributed by atoms with E-state index < -0.39 is 0 Å². The van der Waals surface area contributed by atoms with Crippen LogP contribution in [0.25, 0.3) is 10.2 Å². The summed E-state index contributed by atoms with van der Waals surface area (Å²) in [6.45, 7) is 5.43. The number of benzene rings is 1. The quantitative estimate of drug-likeness (QED) is 0.721. The van der Waals surface area contributed by atoms with Crippen molar-refractivity contribution in [1.29, 1.82) is 0 Å². The van der Waals surface area contributed by atoms with Gasteiger partial charge in [0.1, 0.15) is 0 Å². The first-order valence-corrected chi connectivity index (χ1v) is 9.12. The summed E-state index contributed by atoms with van der Waals surface area (Å²) in [6, 6.07) is 5.48. The van der Waals surface area contributed by atoms with E-state index in [4.69, 9.17) is 0 Å². The van der Waals surface area contributed by atoms with Crippen LogP contribution in [-0.2, 0) is 23.1 Å². The Bertz CT molecular complexity index is 989. The van der Waals surface area contributed by atoms with Gasteiger partial charge < -0.3 is 10.6 Å². The standard InChI is InChI=1S/C18H21N5O2S/c1-10-14(11(2)23(4)22-10)6-8-17(25)21-18-20-15-7-5-13(19-12(3)24)9-16(15)26-18/h5,7,9H,6,8H2,1-4H3,(H,19,24)(H,20,21,25). The third-order valence-electron chi connectivity index (χ3n) is 4.22. The summed E-state index contributed by atoms with van der Waals surface area (Å²) in [5.41, 5.74) is 4.67. The van der Waals surface area contributed by atoms with Crippen LogP contribution in [0.3, 0.4) is 0 Å². The number of nitrogens with one attached hydrogen (secondary N) is 2. The minimum Gasteiger partial charge on any atom is -0.326 e. The van der Waals surface area contributed by atoms with Crippen LogP contribution in [0.4, 0.5) is 10.8 Å². The van der Waals surface area contributed by atoms with Gasteiger partial charge in [-0.3, -0.25) is 14.3 Å². The van der Waals surface area contributed by atoms with Crippen LogP contribution in [0.1, 0.15) is 30.3 Å². The van der Waals surface area contributed by atoms with Crippen molar-refractivity contribution in [3.63, 3.8) is 0 Å². The van der Waals surface area contributed by atoms with E-state index in [0.29, 0.717) is 23.7 Å². The molecule has 0 unspecified atom stereocenters. The van der Waals surface area contributed by atoms with Crippen LogP contribution in [0.2, 0.25) is 0 Å². The average molecular weight is 371 g/mol. The Morgan fingerprint density at radius 3 is 2.65 bits per heavy atom. The Labute approximate surface area is 155 Å². The molecule has 0 spiro atoms. The first-order valence-electron chi connectivity index (χ1n) is 8.30. The van der Waals surface area contributed by atoms with Gasteiger partial charge in [0.15, 0.2) is 5.13 Å². The van der Waals surface area contributed by atoms with Crippen molar-refractivity contribution in [2.24, 2.45) is 7.05 Å². The Kier molecular flexibility index (Phi) is 5.03. The van der Waals surface area contributed by atoms with Gasteiger partial charge in [-0.05, 0) is 44.0 Å². The molecule has 2 N–H and O–H groups in total. The molecule has 7 nitrogen and oxygen atoms in total. The molecule has 8 heteroatoms. The molecule has 2 amide bonds. The highest BCUT2D eigenvalue weighted by Gasteiger charge is 2.13. The largest absolute Gasteiger partial charge is 0.326 e. The zero-order valence-electron chi connectivity index (χ0n) is 15.2. The number of carbonyl (C=O) groups excluding carboxylic acids is 2. The topological polar surface area (TPSA) is 88.9 Å². The fourth-order valence-electron chi connectivity index (χ4n) is 2.86. The van der Waals surface area contributed by atoms with Gasteiger partial charge in [0, 0.05) is 31.8 Å². The lowest BCUT2D eigenvalue weighted by atomic mass is 10.1. The lowest BCUT2D eigenvalue weighted by Crippen LogP contribution is -2.12. The number of nitrogens with zero attached hydrogens (tertiary/aromatic N) is 3. The zero-order valence-corrected chi connectivity index (χ0v) is 16.0. The fraction of sp³-hybridized carbons (Fsp3) is 0.333. The van der Waals surface area contributed by atoms with Crippen molar-refractivity contribution in [2.45, 2.75) is 33.6 Å². The number of thiazole rings is 1. The van der Waals surface area contributed by atoms with Gasteiger partial charge in [-0.2, -0.15) is 5.10 Å². The predicted molar refractivity (Wildman–Crippen MR) is 104 cm³/mol. The van der Waals surface area contributed by atoms with Crippen molar-refractivity contribution >= 4 is 44.2 Å². The molecule has 26 heavy (non-hydrogen) atoms. The minimum atomic E-state index is -0.122. The number of hydrogen-bond acceptors (Lipinski definition) is 5. The first-order chi connectivity index (χ1) is 12.3. The number of fused-ring (bicyclic) bond motifs is 1. The molecule has 0 fully saturated rings. The highest BCUT2D eigenvalue weighted by molar-refractivity contribution is 7.22. The highest BCUT2D eigenvalue weighted by atomic mass is 32.1. The number of anilines is 2. The van der Waals surface area contributed by atoms with Crippen molar-refractivity contribution < 1.29 is 9.59 Å². The summed E-state index contributed by atoms with van der Waals surface area (Å²) >= 11 is 1.39. The molecule has 0 saturated carbocycles. The van der Waals surface area contributed by atoms with Crippen molar-refractivity contribution in [3.05, 3.63) is 35.2 Å². The number of rotatable bonds is 5. The summed E-state index contributed by atoms with van der Waals surface area (Å²) in [7, 11) is 1.91. The second-order valence-electron chi connectivity index (χ2n) is 6.20. The molecule has 0 bridgehead atoms. The maximum absolute atomic E-state index is 12.3. The summed E-state index contributed by atoms with van der Waals surface area (Å²) in [6.07, 6.45) is 1.02. The highest BCUT2D eigenvalue weighted by Crippen LogP contribution is 2.28. The Balaban J connectivity index is 1.66. The summed E-state index contributed by atoms with van der Waals surface area (Å²) in [5, 5.41) is 10.5. The summed E-state index contributed by atoms with van der Waals surface area (Å²) < 4.78 is 2.74. The van der Waals surface area contributed by atoms with Crippen molar-refractivity contribution in [2.75, 3.05) is 10.6 Å². The average Bonchev–Trinajstić information content (AvgIpc) is 3.05. The van der Waals surface area contributed by atoms with Crippen LogP contribution in [-0.4, -0.2) is 26.6 Å². The van der Waals surface area contributed by atoms with Crippen molar-refractivity contribution in [1.82, 2.24) is 14.8 Å². The number of carbonyl (C=O) groups is 2. The second-order valence-corrected chi connectivity index (χ2v) is 7.23. The minimum absolute atomic E-state index is 0.0752. The van der Waals surface area contributed by atoms with E-state index >= 15 is 0 Å². The predicted octanol–water partition coefficient (Wildman–Crippen LogP) is 3.18. The lowest BCUT2D eigenvalue weighted by molar-refractivity contribution is -0.116. The van der Waals surface area contributed by atoms with Gasteiger partial charge in [0.2, 0.25) is 11.8 Å². The number of amides is 2. The smallest absolute Gasteiger partial charge is 0.226 e. The van der Waals surface area contributed by atoms with E-state index in [2.05, 4.69) is 20.7 Å². The van der Waals surface area contributed by atoms with Gasteiger partial charge in [0.25, 0.3) is 0 Å². The molecule has 0 atom stereocenters. The van der Waals surface area contributed by atoms with E-state index in [1.54, 1.807) is 6.07 Å². The molecule has 0 aliphatic rings. The molecule has 0 radical (unpaired) electrons. The number of aromatic nitrogens is 3. The molecular weight excluding hydrogens is 350 g/mol. The lowest BCUT2D eigenvalue weighted by Gasteiger charge is -2.03. The van der Waals surface area contributed by atoms with E-state index in [1.165, 1.54) is 18.3 Å². The summed E-state index contributed by atoms with van der Waals surface area (Å²) in [4.78, 5) is 27.9. The molecular formula is C18H21N5O2S. The molecule has 0 aliphatic heterocycles. The van der Waals surface area contributed by atoms with Gasteiger partial charge >= 0.3 is 0 Å². The maximum Gasteiger partial charge on any atom is 0.226 e. The molecule has 3 rings (SSSR count). The third-order valence-corrected chi connectivity index (χ3v) is 5.15. The van der Waals surface area contributed by atoms with Crippen LogP contribution in [0.15, 0.2) is 18.2 Å². The second kappa shape index (κ2) is 7.25. The fourth-order valence-corrected chi connectivity index (χ4v) is 3.78. The molecule has 3 aromatic rings. The van der Waals surface area contributed by atoms with Gasteiger partial charge in [-0.1, -0.05) is 11.3 Å². The first kappa shape index (κ1) is 18.1. The summed E-state index contributed by atoms with van der Waals surface area (Å²) in [5.74, 6) is -0.197. The normalized spacial score (nSPS) is 10.9. The molecule has 0 saturated heterocycles. The van der Waals surface area contributed by atoms with E-state index in [9.17, 15) is 9.59 Å². The van der Waals surface area contributed by atoms with Crippen molar-refractivity contribution in [3.8, 4) is 0 Å². The molecule has 2 aromatic heterocycles. The van der Waals surface area contributed by atoms with Gasteiger partial charge in [0.05, 0.1) is 15.9 Å². The zero-order chi connectivity index (χ0) is 18.8. The molecule has 1 aromatic carbocycles. The van der Waals surface area contributed by atoms with Crippen LogP contribution < -0.4 is 10.6 Å². The third kappa shape index (κ3) is 3.91. The Hall–Kier alpha value is -2.74. The van der Waals surface area contributed by atoms with Crippen LogP contribution >= 0.6 is 11.3 Å². The van der Waals surface area contributed by atoms with Gasteiger partial charge in [-0.25, -0.2) is 4.98 Å².